The molecule has 1 heterocycles. The first-order valence-corrected chi connectivity index (χ1v) is 9.11. The van der Waals surface area contributed by atoms with Crippen LogP contribution in [-0.4, -0.2) is 17.6 Å². The van der Waals surface area contributed by atoms with Gasteiger partial charge in [0.1, 0.15) is 5.75 Å². The zero-order chi connectivity index (χ0) is 18.3. The summed E-state index contributed by atoms with van der Waals surface area (Å²) in [7, 11) is 3.51. The summed E-state index contributed by atoms with van der Waals surface area (Å²) in [6.07, 6.45) is 0. The van der Waals surface area contributed by atoms with E-state index in [0.717, 1.165) is 21.0 Å². The fourth-order valence-electron chi connectivity index (χ4n) is 3.21. The van der Waals surface area contributed by atoms with E-state index in [1.807, 2.05) is 60.1 Å². The fourth-order valence-corrected chi connectivity index (χ4v) is 4.30. The number of benzene rings is 3. The lowest BCUT2D eigenvalue weighted by atomic mass is 10.1. The Bertz CT molecular complexity index is 1220. The number of fused-ring (bicyclic) bond motifs is 2. The predicted octanol–water partition coefficient (Wildman–Crippen LogP) is 4.45. The average molecular weight is 362 g/mol. The van der Waals surface area contributed by atoms with E-state index in [0.29, 0.717) is 16.1 Å². The summed E-state index contributed by atoms with van der Waals surface area (Å²) in [5.41, 5.74) is 2.74. The summed E-state index contributed by atoms with van der Waals surface area (Å²) in [4.78, 5) is 18.0. The van der Waals surface area contributed by atoms with Gasteiger partial charge in [0.25, 0.3) is 5.91 Å². The number of nitrogens with zero attached hydrogens (tertiary/aromatic N) is 2. The van der Waals surface area contributed by atoms with E-state index in [4.69, 9.17) is 4.74 Å². The minimum atomic E-state index is -0.299. The molecule has 0 aliphatic rings. The van der Waals surface area contributed by atoms with E-state index in [2.05, 4.69) is 18.0 Å². The maximum Gasteiger partial charge on any atom is 0.283 e. The molecule has 1 aromatic heterocycles. The first-order valence-electron chi connectivity index (χ1n) is 8.29. The smallest absolute Gasteiger partial charge is 0.283 e. The highest BCUT2D eigenvalue weighted by Gasteiger charge is 2.14. The Morgan fingerprint density at radius 2 is 1.81 bits per heavy atom. The molecule has 3 aromatic carbocycles. The molecule has 1 amide bonds. The molecule has 0 N–H and O–H groups in total. The van der Waals surface area contributed by atoms with Gasteiger partial charge in [-0.15, -0.1) is 0 Å². The van der Waals surface area contributed by atoms with E-state index in [1.54, 1.807) is 7.11 Å². The molecule has 0 aliphatic carbocycles. The molecule has 4 rings (SSSR count). The van der Waals surface area contributed by atoms with Gasteiger partial charge < -0.3 is 9.30 Å². The van der Waals surface area contributed by atoms with Crippen LogP contribution in [0.3, 0.4) is 0 Å². The minimum Gasteiger partial charge on any atom is -0.496 e. The van der Waals surface area contributed by atoms with Crippen LogP contribution in [0.25, 0.3) is 21.0 Å². The van der Waals surface area contributed by atoms with Gasteiger partial charge in [-0.05, 0) is 41.5 Å². The largest absolute Gasteiger partial charge is 0.496 e. The van der Waals surface area contributed by atoms with Crippen molar-refractivity contribution in [1.29, 1.82) is 0 Å². The Labute approximate surface area is 155 Å². The van der Waals surface area contributed by atoms with E-state index in [-0.39, 0.29) is 5.91 Å². The lowest BCUT2D eigenvalue weighted by Gasteiger charge is -2.07. The molecule has 130 valence electrons. The monoisotopic (exact) mass is 362 g/mol. The van der Waals surface area contributed by atoms with Crippen LogP contribution in [0, 0.1) is 6.92 Å². The number of amides is 1. The normalized spacial score (nSPS) is 12.0. The molecule has 26 heavy (non-hydrogen) atoms. The third kappa shape index (κ3) is 2.70. The maximum atomic E-state index is 12.9. The Morgan fingerprint density at radius 1 is 1.08 bits per heavy atom. The number of ether oxygens (including phenoxy) is 1. The number of carbonyl (C=O) groups is 1. The standard InChI is InChI=1S/C21H18N2O2S/c1-13-7-6-10-18-19(13)23(2)21(26-18)22-20(24)16-11-14-8-4-5-9-15(14)12-17(16)25-3/h4-12H,1-3H3. The molecule has 0 atom stereocenters. The van der Waals surface area contributed by atoms with E-state index in [1.165, 1.54) is 16.9 Å². The highest BCUT2D eigenvalue weighted by atomic mass is 32.1. The molecule has 0 saturated heterocycles. The van der Waals surface area contributed by atoms with Gasteiger partial charge in [0.2, 0.25) is 0 Å². The number of rotatable bonds is 2. The highest BCUT2D eigenvalue weighted by molar-refractivity contribution is 7.16. The Hall–Kier alpha value is -2.92. The third-order valence-corrected chi connectivity index (χ3v) is 5.62. The second-order valence-electron chi connectivity index (χ2n) is 6.18. The van der Waals surface area contributed by atoms with Gasteiger partial charge in [-0.3, -0.25) is 4.79 Å². The van der Waals surface area contributed by atoms with Gasteiger partial charge in [-0.25, -0.2) is 0 Å². The Balaban J connectivity index is 1.89. The summed E-state index contributed by atoms with van der Waals surface area (Å²) in [6.45, 7) is 2.06. The number of para-hydroxylation sites is 1. The van der Waals surface area contributed by atoms with E-state index < -0.39 is 0 Å². The number of hydrogen-bond donors (Lipinski definition) is 0. The fraction of sp³-hybridized carbons (Fsp3) is 0.143. The lowest BCUT2D eigenvalue weighted by molar-refractivity contribution is 0.0995. The van der Waals surface area contributed by atoms with Crippen LogP contribution in [0.4, 0.5) is 0 Å². The van der Waals surface area contributed by atoms with Crippen LogP contribution < -0.4 is 9.54 Å². The molecule has 0 saturated carbocycles. The minimum absolute atomic E-state index is 0.299. The van der Waals surface area contributed by atoms with E-state index >= 15 is 0 Å². The van der Waals surface area contributed by atoms with Crippen LogP contribution in [0.5, 0.6) is 5.75 Å². The van der Waals surface area contributed by atoms with Crippen molar-refractivity contribution in [3.63, 3.8) is 0 Å². The molecule has 0 unspecified atom stereocenters. The summed E-state index contributed by atoms with van der Waals surface area (Å²) >= 11 is 1.51. The van der Waals surface area contributed by atoms with Crippen molar-refractivity contribution in [1.82, 2.24) is 4.57 Å². The Kier molecular flexibility index (Phi) is 4.09. The molecule has 0 bridgehead atoms. The molecular weight excluding hydrogens is 344 g/mol. The average Bonchev–Trinajstić information content (AvgIpc) is 2.97. The molecule has 4 nitrogen and oxygen atoms in total. The number of aryl methyl sites for hydroxylation is 2. The number of methoxy groups -OCH3 is 1. The van der Waals surface area contributed by atoms with Gasteiger partial charge in [0, 0.05) is 7.05 Å². The van der Waals surface area contributed by atoms with Gasteiger partial charge in [-0.2, -0.15) is 4.99 Å². The summed E-state index contributed by atoms with van der Waals surface area (Å²) in [5, 5.41) is 2.02. The first-order chi connectivity index (χ1) is 12.6. The van der Waals surface area contributed by atoms with Crippen LogP contribution in [0.15, 0.2) is 59.6 Å². The summed E-state index contributed by atoms with van der Waals surface area (Å²) < 4.78 is 8.52. The van der Waals surface area contributed by atoms with Crippen molar-refractivity contribution in [2.75, 3.05) is 7.11 Å². The van der Waals surface area contributed by atoms with Crippen molar-refractivity contribution in [2.24, 2.45) is 12.0 Å². The molecule has 0 fully saturated rings. The van der Waals surface area contributed by atoms with Crippen molar-refractivity contribution < 1.29 is 9.53 Å². The summed E-state index contributed by atoms with van der Waals surface area (Å²) in [6, 6.07) is 17.8. The van der Waals surface area contributed by atoms with Gasteiger partial charge in [0.05, 0.1) is 22.9 Å². The second kappa shape index (κ2) is 6.42. The number of aromatic nitrogens is 1. The zero-order valence-corrected chi connectivity index (χ0v) is 15.6. The van der Waals surface area contributed by atoms with Crippen molar-refractivity contribution in [2.45, 2.75) is 6.92 Å². The second-order valence-corrected chi connectivity index (χ2v) is 7.19. The summed E-state index contributed by atoms with van der Waals surface area (Å²) in [5.74, 6) is 0.241. The molecule has 5 heteroatoms. The molecule has 0 aliphatic heterocycles. The van der Waals surface area contributed by atoms with Crippen molar-refractivity contribution in [3.8, 4) is 5.75 Å². The third-order valence-electron chi connectivity index (χ3n) is 4.52. The van der Waals surface area contributed by atoms with Crippen LogP contribution >= 0.6 is 11.3 Å². The van der Waals surface area contributed by atoms with Crippen LogP contribution in [-0.2, 0) is 7.05 Å². The topological polar surface area (TPSA) is 43.6 Å². The van der Waals surface area contributed by atoms with Crippen LogP contribution in [0.1, 0.15) is 15.9 Å². The maximum absolute atomic E-state index is 12.9. The van der Waals surface area contributed by atoms with Gasteiger partial charge in [-0.1, -0.05) is 47.7 Å². The molecule has 0 radical (unpaired) electrons. The predicted molar refractivity (Wildman–Crippen MR) is 106 cm³/mol. The SMILES string of the molecule is COc1cc2ccccc2cc1C(=O)N=c1sc2cccc(C)c2n1C. The highest BCUT2D eigenvalue weighted by Crippen LogP contribution is 2.27. The van der Waals surface area contributed by atoms with Gasteiger partial charge in [0.15, 0.2) is 4.80 Å². The number of hydrogen-bond acceptors (Lipinski definition) is 3. The number of carbonyl (C=O) groups excluding carboxylic acids is 1. The molecule has 4 aromatic rings. The van der Waals surface area contributed by atoms with Gasteiger partial charge >= 0.3 is 0 Å². The van der Waals surface area contributed by atoms with Crippen LogP contribution in [0.2, 0.25) is 0 Å². The first kappa shape index (κ1) is 16.5. The quantitative estimate of drug-likeness (QED) is 0.529. The molecular formula is C21H18N2O2S. The van der Waals surface area contributed by atoms with E-state index in [9.17, 15) is 4.79 Å². The van der Waals surface area contributed by atoms with Crippen molar-refractivity contribution >= 4 is 38.2 Å². The lowest BCUT2D eigenvalue weighted by Crippen LogP contribution is -2.14. The van der Waals surface area contributed by atoms with Crippen molar-refractivity contribution in [3.05, 3.63) is 70.5 Å². The Morgan fingerprint density at radius 3 is 2.50 bits per heavy atom. The molecule has 0 spiro atoms. The number of thiazole rings is 1. The zero-order valence-electron chi connectivity index (χ0n) is 14.8.